The highest BCUT2D eigenvalue weighted by molar-refractivity contribution is 5.98. The number of para-hydroxylation sites is 1. The molecule has 1 atom stereocenters. The van der Waals surface area contributed by atoms with E-state index in [1.165, 1.54) is 83.1 Å². The monoisotopic (exact) mass is 853 g/mol. The van der Waals surface area contributed by atoms with Crippen LogP contribution in [0.3, 0.4) is 0 Å². The number of rotatable bonds is 9. The maximum Gasteiger partial charge on any atom is 0.0540 e. The van der Waals surface area contributed by atoms with Crippen molar-refractivity contribution < 1.29 is 0 Å². The second-order valence-corrected chi connectivity index (χ2v) is 17.8. The molecule has 1 aliphatic rings. The van der Waals surface area contributed by atoms with E-state index in [0.29, 0.717) is 0 Å². The second-order valence-electron chi connectivity index (χ2n) is 17.8. The molecule has 11 aromatic rings. The lowest BCUT2D eigenvalue weighted by atomic mass is 9.74. The van der Waals surface area contributed by atoms with E-state index in [1.54, 1.807) is 0 Å². The van der Waals surface area contributed by atoms with E-state index in [0.717, 1.165) is 28.2 Å². The first-order chi connectivity index (χ1) is 33.1. The van der Waals surface area contributed by atoms with E-state index in [-0.39, 0.29) is 5.41 Å². The van der Waals surface area contributed by atoms with Crippen LogP contribution in [0.2, 0.25) is 0 Å². The lowest BCUT2D eigenvalue weighted by Crippen LogP contribution is -2.22. The third-order valence-corrected chi connectivity index (χ3v) is 14.0. The van der Waals surface area contributed by atoms with Crippen molar-refractivity contribution >= 4 is 27.8 Å². The van der Waals surface area contributed by atoms with Crippen LogP contribution in [-0.4, -0.2) is 0 Å². The van der Waals surface area contributed by atoms with Crippen LogP contribution in [0.15, 0.2) is 267 Å². The molecule has 0 saturated heterocycles. The molecule has 0 bridgehead atoms. The van der Waals surface area contributed by atoms with Crippen LogP contribution in [0.25, 0.3) is 77.5 Å². The predicted molar refractivity (Wildman–Crippen MR) is 283 cm³/mol. The Labute approximate surface area is 393 Å². The van der Waals surface area contributed by atoms with E-state index in [1.807, 2.05) is 0 Å². The van der Waals surface area contributed by atoms with E-state index >= 15 is 0 Å². The summed E-state index contributed by atoms with van der Waals surface area (Å²) >= 11 is 0. The fourth-order valence-corrected chi connectivity index (χ4v) is 10.6. The molecule has 0 aliphatic heterocycles. The minimum Gasteiger partial charge on any atom is -0.310 e. The molecule has 1 unspecified atom stereocenters. The van der Waals surface area contributed by atoms with Crippen molar-refractivity contribution in [2.45, 2.75) is 12.3 Å². The Morgan fingerprint density at radius 2 is 0.701 bits per heavy atom. The van der Waals surface area contributed by atoms with Gasteiger partial charge in [-0.15, -0.1) is 0 Å². The first-order valence-corrected chi connectivity index (χ1v) is 23.2. The first-order valence-electron chi connectivity index (χ1n) is 23.2. The lowest BCUT2D eigenvalue weighted by Gasteiger charge is -2.29. The summed E-state index contributed by atoms with van der Waals surface area (Å²) < 4.78 is 0. The molecule has 0 heterocycles. The lowest BCUT2D eigenvalue weighted by molar-refractivity contribution is 0.714. The second kappa shape index (κ2) is 16.8. The van der Waals surface area contributed by atoms with E-state index < -0.39 is 0 Å². The van der Waals surface area contributed by atoms with Crippen molar-refractivity contribution in [2.24, 2.45) is 0 Å². The van der Waals surface area contributed by atoms with Gasteiger partial charge >= 0.3 is 0 Å². The largest absolute Gasteiger partial charge is 0.310 e. The highest BCUT2D eigenvalue weighted by atomic mass is 15.1. The third kappa shape index (κ3) is 7.04. The maximum absolute atomic E-state index is 2.41. The first kappa shape index (κ1) is 40.0. The number of fused-ring (bicyclic) bond motifs is 4. The van der Waals surface area contributed by atoms with Crippen LogP contribution in [-0.2, 0) is 5.41 Å². The summed E-state index contributed by atoms with van der Waals surface area (Å²) in [5.74, 6) is 0. The number of anilines is 3. The Kier molecular flexibility index (Phi) is 10.0. The van der Waals surface area contributed by atoms with Gasteiger partial charge in [-0.2, -0.15) is 0 Å². The molecular weight excluding hydrogens is 807 g/mol. The van der Waals surface area contributed by atoms with Gasteiger partial charge in [0.15, 0.2) is 0 Å². The zero-order valence-corrected chi connectivity index (χ0v) is 37.4. The van der Waals surface area contributed by atoms with Gasteiger partial charge in [0, 0.05) is 22.4 Å². The Balaban J connectivity index is 0.948. The zero-order valence-electron chi connectivity index (χ0n) is 37.4. The van der Waals surface area contributed by atoms with Crippen LogP contribution >= 0.6 is 0 Å². The molecule has 0 N–H and O–H groups in total. The number of hydrogen-bond acceptors (Lipinski definition) is 1. The summed E-state index contributed by atoms with van der Waals surface area (Å²) in [4.78, 5) is 2.41. The quantitative estimate of drug-likeness (QED) is 0.140. The van der Waals surface area contributed by atoms with Crippen molar-refractivity contribution in [3.63, 3.8) is 0 Å². The van der Waals surface area contributed by atoms with Crippen molar-refractivity contribution in [3.8, 4) is 66.8 Å². The average molecular weight is 854 g/mol. The van der Waals surface area contributed by atoms with Crippen LogP contribution in [0.5, 0.6) is 0 Å². The summed E-state index contributed by atoms with van der Waals surface area (Å²) in [5, 5.41) is 2.51. The molecule has 0 spiro atoms. The Bertz CT molecular complexity index is 3530. The van der Waals surface area contributed by atoms with E-state index in [2.05, 4.69) is 279 Å². The molecule has 1 nitrogen and oxygen atoms in total. The molecule has 12 rings (SSSR count). The molecule has 1 heteroatoms. The summed E-state index contributed by atoms with van der Waals surface area (Å²) in [6.45, 7) is 2.39. The molecule has 0 saturated carbocycles. The van der Waals surface area contributed by atoms with Gasteiger partial charge in [-0.25, -0.2) is 0 Å². The van der Waals surface area contributed by atoms with Crippen LogP contribution in [0.4, 0.5) is 17.1 Å². The van der Waals surface area contributed by atoms with Crippen LogP contribution in [0.1, 0.15) is 23.6 Å². The highest BCUT2D eigenvalue weighted by Gasteiger charge is 2.41. The standard InChI is InChI=1S/C66H47N/c1-66(54-20-6-3-7-21-54)62-27-12-10-24-61(62)65-60(26-15-28-63(65)66)53-40-44-56(45-41-53)67(55-42-38-49(39-43-55)48-32-30-47(31-33-48)46-16-4-2-5-17-46)64-29-13-11-23-59(64)52-36-34-51(35-37-52)58-25-14-19-50-18-8-9-22-57(50)58/h2-45H,1H3. The van der Waals surface area contributed by atoms with Gasteiger partial charge in [0.1, 0.15) is 0 Å². The van der Waals surface area contributed by atoms with Crippen molar-refractivity contribution in [3.05, 3.63) is 284 Å². The van der Waals surface area contributed by atoms with Gasteiger partial charge in [0.2, 0.25) is 0 Å². The molecule has 11 aromatic carbocycles. The normalized spacial score (nSPS) is 13.8. The van der Waals surface area contributed by atoms with E-state index in [9.17, 15) is 0 Å². The Morgan fingerprint density at radius 3 is 1.39 bits per heavy atom. The highest BCUT2D eigenvalue weighted by Crippen LogP contribution is 2.55. The van der Waals surface area contributed by atoms with Gasteiger partial charge in [0.05, 0.1) is 5.69 Å². The van der Waals surface area contributed by atoms with Gasteiger partial charge in [-0.1, -0.05) is 237 Å². The predicted octanol–water partition coefficient (Wildman–Crippen LogP) is 18.0. The SMILES string of the molecule is CC1(c2ccccc2)c2ccccc2-c2c(-c3ccc(N(c4ccc(-c5ccc(-c6ccccc6)cc5)cc4)c4ccccc4-c4ccc(-c5cccc6ccccc56)cc4)cc3)cccc21. The van der Waals surface area contributed by atoms with E-state index in [4.69, 9.17) is 0 Å². The third-order valence-electron chi connectivity index (χ3n) is 14.0. The molecule has 67 heavy (non-hydrogen) atoms. The molecule has 0 amide bonds. The molecule has 0 aromatic heterocycles. The van der Waals surface area contributed by atoms with Crippen molar-refractivity contribution in [1.82, 2.24) is 0 Å². The Hall–Kier alpha value is -8.52. The average Bonchev–Trinajstić information content (AvgIpc) is 3.68. The van der Waals surface area contributed by atoms with Gasteiger partial charge in [0.25, 0.3) is 0 Å². The van der Waals surface area contributed by atoms with Gasteiger partial charge < -0.3 is 4.90 Å². The molecule has 316 valence electrons. The molecular formula is C66H47N. The minimum absolute atomic E-state index is 0.257. The number of benzene rings is 11. The van der Waals surface area contributed by atoms with Crippen molar-refractivity contribution in [1.29, 1.82) is 0 Å². The topological polar surface area (TPSA) is 3.24 Å². The zero-order chi connectivity index (χ0) is 44.7. The minimum atomic E-state index is -0.257. The Morgan fingerprint density at radius 1 is 0.284 bits per heavy atom. The van der Waals surface area contributed by atoms with Gasteiger partial charge in [-0.05, 0) is 126 Å². The fraction of sp³-hybridized carbons (Fsp3) is 0.0303. The summed E-state index contributed by atoms with van der Waals surface area (Å²) in [7, 11) is 0. The summed E-state index contributed by atoms with van der Waals surface area (Å²) in [5.41, 5.74) is 21.7. The fourth-order valence-electron chi connectivity index (χ4n) is 10.6. The van der Waals surface area contributed by atoms with Crippen LogP contribution in [0, 0.1) is 0 Å². The molecule has 1 aliphatic carbocycles. The maximum atomic E-state index is 2.41. The molecule has 0 fully saturated rings. The smallest absolute Gasteiger partial charge is 0.0540 e. The van der Waals surface area contributed by atoms with Crippen molar-refractivity contribution in [2.75, 3.05) is 4.90 Å². The number of nitrogens with zero attached hydrogens (tertiary/aromatic N) is 1. The molecule has 0 radical (unpaired) electrons. The summed E-state index contributed by atoms with van der Waals surface area (Å²) in [6, 6.07) is 97.6. The van der Waals surface area contributed by atoms with Gasteiger partial charge in [-0.3, -0.25) is 0 Å². The number of hydrogen-bond donors (Lipinski definition) is 0. The summed E-state index contributed by atoms with van der Waals surface area (Å²) in [6.07, 6.45) is 0. The van der Waals surface area contributed by atoms with Crippen LogP contribution < -0.4 is 4.90 Å².